The molecule has 0 spiro atoms. The monoisotopic (exact) mass is 282 g/mol. The number of nitrogens with zero attached hydrogens (tertiary/aromatic N) is 1. The number of rotatable bonds is 7. The molecule has 2 rings (SSSR count). The normalized spacial score (nSPS) is 18.6. The molecule has 1 N–H and O–H groups in total. The molecule has 1 saturated heterocycles. The van der Waals surface area contributed by atoms with E-state index >= 15 is 0 Å². The lowest BCUT2D eigenvalue weighted by molar-refractivity contribution is 0.170. The maximum atomic E-state index is 5.75. The molecule has 0 radical (unpaired) electrons. The number of hydrogen-bond acceptors (Lipinski definition) is 4. The predicted octanol–water partition coefficient (Wildman–Crippen LogP) is 3.11. The molecule has 1 aliphatic heterocycles. The molecule has 0 saturated carbocycles. The molecule has 19 heavy (non-hydrogen) atoms. The van der Waals surface area contributed by atoms with Crippen LogP contribution in [-0.4, -0.2) is 36.8 Å². The van der Waals surface area contributed by atoms with Gasteiger partial charge >= 0.3 is 0 Å². The SMILES string of the molecule is CSCc1ccc(CNCC(C)N2CCCCC2)o1. The van der Waals surface area contributed by atoms with E-state index in [1.165, 1.54) is 32.4 Å². The molecule has 1 aromatic rings. The summed E-state index contributed by atoms with van der Waals surface area (Å²) in [5.41, 5.74) is 0. The molecule has 108 valence electrons. The fraction of sp³-hybridized carbons (Fsp3) is 0.733. The van der Waals surface area contributed by atoms with Crippen LogP contribution in [0, 0.1) is 0 Å². The van der Waals surface area contributed by atoms with E-state index in [9.17, 15) is 0 Å². The number of furan rings is 1. The van der Waals surface area contributed by atoms with Crippen molar-refractivity contribution in [1.29, 1.82) is 0 Å². The quantitative estimate of drug-likeness (QED) is 0.832. The van der Waals surface area contributed by atoms with Gasteiger partial charge in [0, 0.05) is 12.6 Å². The molecule has 4 heteroatoms. The topological polar surface area (TPSA) is 28.4 Å². The van der Waals surface area contributed by atoms with Gasteiger partial charge in [0.1, 0.15) is 11.5 Å². The van der Waals surface area contributed by atoms with Gasteiger partial charge in [0.25, 0.3) is 0 Å². The first-order valence-corrected chi connectivity index (χ1v) is 8.70. The summed E-state index contributed by atoms with van der Waals surface area (Å²) in [5, 5.41) is 3.51. The van der Waals surface area contributed by atoms with Crippen molar-refractivity contribution in [3.63, 3.8) is 0 Å². The first kappa shape index (κ1) is 14.9. The minimum atomic E-state index is 0.626. The van der Waals surface area contributed by atoms with Gasteiger partial charge in [0.15, 0.2) is 0 Å². The van der Waals surface area contributed by atoms with Crippen molar-refractivity contribution in [1.82, 2.24) is 10.2 Å². The van der Waals surface area contributed by atoms with E-state index in [2.05, 4.69) is 35.5 Å². The Hall–Kier alpha value is -0.450. The minimum Gasteiger partial charge on any atom is -0.464 e. The van der Waals surface area contributed by atoms with Crippen molar-refractivity contribution in [2.24, 2.45) is 0 Å². The van der Waals surface area contributed by atoms with Crippen molar-refractivity contribution in [2.75, 3.05) is 25.9 Å². The maximum Gasteiger partial charge on any atom is 0.118 e. The first-order valence-electron chi connectivity index (χ1n) is 7.31. The van der Waals surface area contributed by atoms with Crippen LogP contribution in [0.25, 0.3) is 0 Å². The van der Waals surface area contributed by atoms with Crippen LogP contribution in [-0.2, 0) is 12.3 Å². The Kier molecular flexibility index (Phi) is 6.28. The molecular weight excluding hydrogens is 256 g/mol. The highest BCUT2D eigenvalue weighted by Gasteiger charge is 2.16. The Morgan fingerprint density at radius 2 is 2.00 bits per heavy atom. The Balaban J connectivity index is 1.67. The van der Waals surface area contributed by atoms with Crippen molar-refractivity contribution in [3.8, 4) is 0 Å². The highest BCUT2D eigenvalue weighted by atomic mass is 32.2. The van der Waals surface area contributed by atoms with Gasteiger partial charge in [-0.05, 0) is 51.2 Å². The van der Waals surface area contributed by atoms with Gasteiger partial charge in [0.2, 0.25) is 0 Å². The van der Waals surface area contributed by atoms with E-state index in [4.69, 9.17) is 4.42 Å². The average molecular weight is 282 g/mol. The Bertz CT molecular complexity index is 361. The average Bonchev–Trinajstić information content (AvgIpc) is 2.88. The third-order valence-electron chi connectivity index (χ3n) is 3.76. The zero-order valence-corrected chi connectivity index (χ0v) is 13.0. The van der Waals surface area contributed by atoms with E-state index in [0.29, 0.717) is 6.04 Å². The zero-order chi connectivity index (χ0) is 13.5. The molecule has 0 aromatic carbocycles. The second-order valence-corrected chi connectivity index (χ2v) is 6.24. The van der Waals surface area contributed by atoms with Gasteiger partial charge in [-0.1, -0.05) is 6.42 Å². The molecule has 3 nitrogen and oxygen atoms in total. The van der Waals surface area contributed by atoms with Crippen molar-refractivity contribution >= 4 is 11.8 Å². The maximum absolute atomic E-state index is 5.75. The summed E-state index contributed by atoms with van der Waals surface area (Å²) in [5.74, 6) is 3.09. The molecular formula is C15H26N2OS. The van der Waals surface area contributed by atoms with E-state index < -0.39 is 0 Å². The molecule has 0 aliphatic carbocycles. The van der Waals surface area contributed by atoms with Gasteiger partial charge in [0.05, 0.1) is 12.3 Å². The van der Waals surface area contributed by atoms with Crippen LogP contribution in [0.15, 0.2) is 16.5 Å². The van der Waals surface area contributed by atoms with Gasteiger partial charge in [-0.25, -0.2) is 0 Å². The van der Waals surface area contributed by atoms with Gasteiger partial charge < -0.3 is 9.73 Å². The Morgan fingerprint density at radius 1 is 1.26 bits per heavy atom. The van der Waals surface area contributed by atoms with Gasteiger partial charge in [-0.15, -0.1) is 0 Å². The predicted molar refractivity (Wildman–Crippen MR) is 82.5 cm³/mol. The third kappa shape index (κ3) is 4.86. The highest BCUT2D eigenvalue weighted by Crippen LogP contribution is 2.14. The van der Waals surface area contributed by atoms with Crippen LogP contribution in [0.1, 0.15) is 37.7 Å². The summed E-state index contributed by atoms with van der Waals surface area (Å²) in [7, 11) is 0. The lowest BCUT2D eigenvalue weighted by Crippen LogP contribution is -2.42. The molecule has 1 unspecified atom stereocenters. The summed E-state index contributed by atoms with van der Waals surface area (Å²) in [4.78, 5) is 2.60. The van der Waals surface area contributed by atoms with Crippen LogP contribution in [0.4, 0.5) is 0 Å². The van der Waals surface area contributed by atoms with E-state index in [1.807, 2.05) is 0 Å². The number of hydrogen-bond donors (Lipinski definition) is 1. The van der Waals surface area contributed by atoms with Crippen LogP contribution in [0.2, 0.25) is 0 Å². The number of likely N-dealkylation sites (tertiary alicyclic amines) is 1. The van der Waals surface area contributed by atoms with Crippen molar-refractivity contribution in [2.45, 2.75) is 44.5 Å². The summed E-state index contributed by atoms with van der Waals surface area (Å²) < 4.78 is 5.75. The molecule has 1 aromatic heterocycles. The number of piperidine rings is 1. The number of thioether (sulfide) groups is 1. The lowest BCUT2D eigenvalue weighted by Gasteiger charge is -2.32. The van der Waals surface area contributed by atoms with E-state index in [1.54, 1.807) is 11.8 Å². The van der Waals surface area contributed by atoms with Crippen LogP contribution >= 0.6 is 11.8 Å². The van der Waals surface area contributed by atoms with Gasteiger partial charge in [-0.2, -0.15) is 11.8 Å². The standard InChI is InChI=1S/C15H26N2OS/c1-13(17-8-4-3-5-9-17)10-16-11-14-6-7-15(18-14)12-19-2/h6-7,13,16H,3-5,8-12H2,1-2H3. The van der Waals surface area contributed by atoms with E-state index in [-0.39, 0.29) is 0 Å². The Labute approximate surface area is 121 Å². The van der Waals surface area contributed by atoms with Crippen molar-refractivity contribution < 1.29 is 4.42 Å². The smallest absolute Gasteiger partial charge is 0.118 e. The summed E-state index contributed by atoms with van der Waals surface area (Å²) in [6.07, 6.45) is 6.23. The molecule has 2 heterocycles. The summed E-state index contributed by atoms with van der Waals surface area (Å²) in [6.45, 7) is 6.73. The van der Waals surface area contributed by atoms with Gasteiger partial charge in [-0.3, -0.25) is 4.90 Å². The summed E-state index contributed by atoms with van der Waals surface area (Å²) in [6, 6.07) is 4.80. The lowest BCUT2D eigenvalue weighted by atomic mass is 10.1. The van der Waals surface area contributed by atoms with Crippen LogP contribution in [0.5, 0.6) is 0 Å². The molecule has 1 fully saturated rings. The van der Waals surface area contributed by atoms with Crippen LogP contribution < -0.4 is 5.32 Å². The molecule has 0 amide bonds. The minimum absolute atomic E-state index is 0.626. The van der Waals surface area contributed by atoms with E-state index in [0.717, 1.165) is 30.4 Å². The number of nitrogens with one attached hydrogen (secondary N) is 1. The second-order valence-electron chi connectivity index (χ2n) is 5.38. The largest absolute Gasteiger partial charge is 0.464 e. The van der Waals surface area contributed by atoms with Crippen LogP contribution in [0.3, 0.4) is 0 Å². The fourth-order valence-electron chi connectivity index (χ4n) is 2.63. The molecule has 0 bridgehead atoms. The molecule has 1 atom stereocenters. The zero-order valence-electron chi connectivity index (χ0n) is 12.2. The second kappa shape index (κ2) is 7.98. The third-order valence-corrected chi connectivity index (χ3v) is 4.33. The highest BCUT2D eigenvalue weighted by molar-refractivity contribution is 7.97. The molecule has 1 aliphatic rings. The Morgan fingerprint density at radius 3 is 2.74 bits per heavy atom. The van der Waals surface area contributed by atoms with Crippen molar-refractivity contribution in [3.05, 3.63) is 23.7 Å². The summed E-state index contributed by atoms with van der Waals surface area (Å²) >= 11 is 1.79. The fourth-order valence-corrected chi connectivity index (χ4v) is 3.07. The first-order chi connectivity index (χ1) is 9.29.